The van der Waals surface area contributed by atoms with Crippen molar-refractivity contribution in [1.82, 2.24) is 0 Å². The van der Waals surface area contributed by atoms with Crippen molar-refractivity contribution in [3.05, 3.63) is 163 Å². The molecule has 2 nitrogen and oxygen atoms in total. The first-order chi connectivity index (χ1) is 24.4. The molecule has 50 heavy (non-hydrogen) atoms. The van der Waals surface area contributed by atoms with E-state index in [4.69, 9.17) is 4.42 Å². The van der Waals surface area contributed by atoms with Crippen LogP contribution in [-0.2, 0) is 5.41 Å². The van der Waals surface area contributed by atoms with Crippen LogP contribution in [0.25, 0.3) is 76.9 Å². The lowest BCUT2D eigenvalue weighted by Crippen LogP contribution is -2.10. The van der Waals surface area contributed by atoms with Crippen molar-refractivity contribution in [2.75, 3.05) is 4.90 Å². The summed E-state index contributed by atoms with van der Waals surface area (Å²) in [5.74, 6) is 0. The summed E-state index contributed by atoms with van der Waals surface area (Å²) in [7, 11) is 0. The summed E-state index contributed by atoms with van der Waals surface area (Å²) in [6.45, 7) is 6.79. The summed E-state index contributed by atoms with van der Waals surface area (Å²) < 4.78 is 6.53. The van der Waals surface area contributed by atoms with Gasteiger partial charge in [0.25, 0.3) is 0 Å². The van der Waals surface area contributed by atoms with E-state index in [9.17, 15) is 0 Å². The van der Waals surface area contributed by atoms with Gasteiger partial charge in [0.1, 0.15) is 5.58 Å². The normalized spacial score (nSPS) is 12.3. The zero-order valence-electron chi connectivity index (χ0n) is 28.4. The molecule has 10 rings (SSSR count). The molecule has 1 heterocycles. The topological polar surface area (TPSA) is 16.4 Å². The highest BCUT2D eigenvalue weighted by molar-refractivity contribution is 6.13. The van der Waals surface area contributed by atoms with Crippen molar-refractivity contribution >= 4 is 60.5 Å². The molecule has 0 spiro atoms. The molecule has 238 valence electrons. The van der Waals surface area contributed by atoms with Crippen LogP contribution in [0.3, 0.4) is 0 Å². The van der Waals surface area contributed by atoms with E-state index >= 15 is 0 Å². The van der Waals surface area contributed by atoms with Crippen molar-refractivity contribution in [1.29, 1.82) is 0 Å². The number of hydrogen-bond donors (Lipinski definition) is 0. The lowest BCUT2D eigenvalue weighted by molar-refractivity contribution is 0.590. The predicted octanol–water partition coefficient (Wildman–Crippen LogP) is 14.0. The third-order valence-corrected chi connectivity index (χ3v) is 10.5. The maximum atomic E-state index is 6.53. The van der Waals surface area contributed by atoms with Crippen LogP contribution in [0.1, 0.15) is 26.3 Å². The Hall–Kier alpha value is -6.12. The van der Waals surface area contributed by atoms with Crippen molar-refractivity contribution in [3.8, 4) is 33.4 Å². The van der Waals surface area contributed by atoms with Gasteiger partial charge >= 0.3 is 0 Å². The SMILES string of the molecule is CC(C)(C)c1ccc(-c2ccc3cc4c(cc3c2)-c2cc3cc(N(c5ccccc5)c5cccc6c5oc5ccccc56)ccc3cc2-4)cc1. The first-order valence-electron chi connectivity index (χ1n) is 17.4. The Morgan fingerprint density at radius 3 is 1.76 bits per heavy atom. The molecule has 0 radical (unpaired) electrons. The lowest BCUT2D eigenvalue weighted by atomic mass is 9.77. The Morgan fingerprint density at radius 2 is 1.04 bits per heavy atom. The number of benzene rings is 8. The number of nitrogens with zero attached hydrogens (tertiary/aromatic N) is 1. The minimum atomic E-state index is 0.144. The summed E-state index contributed by atoms with van der Waals surface area (Å²) in [6.07, 6.45) is 0. The van der Waals surface area contributed by atoms with Crippen LogP contribution >= 0.6 is 0 Å². The Labute approximate surface area is 291 Å². The van der Waals surface area contributed by atoms with E-state index in [1.807, 2.05) is 12.1 Å². The fourth-order valence-electron chi connectivity index (χ4n) is 7.81. The summed E-state index contributed by atoms with van der Waals surface area (Å²) in [4.78, 5) is 2.32. The van der Waals surface area contributed by atoms with Gasteiger partial charge in [0.15, 0.2) is 5.58 Å². The zero-order valence-corrected chi connectivity index (χ0v) is 28.4. The molecule has 0 unspecified atom stereocenters. The van der Waals surface area contributed by atoms with Gasteiger partial charge in [-0.2, -0.15) is 0 Å². The van der Waals surface area contributed by atoms with Crippen LogP contribution in [0.5, 0.6) is 0 Å². The average Bonchev–Trinajstić information content (AvgIpc) is 3.53. The van der Waals surface area contributed by atoms with Gasteiger partial charge in [-0.25, -0.2) is 0 Å². The summed E-state index contributed by atoms with van der Waals surface area (Å²) >= 11 is 0. The van der Waals surface area contributed by atoms with Gasteiger partial charge in [-0.1, -0.05) is 112 Å². The van der Waals surface area contributed by atoms with Gasteiger partial charge in [0, 0.05) is 22.1 Å². The molecule has 2 heteroatoms. The van der Waals surface area contributed by atoms with Gasteiger partial charge in [-0.15, -0.1) is 0 Å². The third-order valence-electron chi connectivity index (χ3n) is 10.5. The largest absolute Gasteiger partial charge is 0.454 e. The molecule has 0 atom stereocenters. The van der Waals surface area contributed by atoms with Crippen LogP contribution < -0.4 is 4.90 Å². The predicted molar refractivity (Wildman–Crippen MR) is 212 cm³/mol. The van der Waals surface area contributed by atoms with Crippen LogP contribution in [0, 0.1) is 0 Å². The molecule has 1 aliphatic rings. The third kappa shape index (κ3) is 4.49. The molecule has 0 amide bonds. The van der Waals surface area contributed by atoms with Crippen molar-refractivity contribution < 1.29 is 4.42 Å². The second kappa shape index (κ2) is 10.7. The Balaban J connectivity index is 1.07. The van der Waals surface area contributed by atoms with Gasteiger partial charge in [0.05, 0.1) is 5.69 Å². The van der Waals surface area contributed by atoms with Gasteiger partial charge < -0.3 is 9.32 Å². The van der Waals surface area contributed by atoms with Gasteiger partial charge in [-0.3, -0.25) is 0 Å². The van der Waals surface area contributed by atoms with Crippen LogP contribution in [0.15, 0.2) is 162 Å². The van der Waals surface area contributed by atoms with E-state index in [-0.39, 0.29) is 5.41 Å². The molecule has 1 aliphatic carbocycles. The highest BCUT2D eigenvalue weighted by atomic mass is 16.3. The van der Waals surface area contributed by atoms with E-state index < -0.39 is 0 Å². The van der Waals surface area contributed by atoms with Crippen LogP contribution in [0.4, 0.5) is 17.1 Å². The molecule has 9 aromatic rings. The van der Waals surface area contributed by atoms with E-state index in [0.29, 0.717) is 0 Å². The Bertz CT molecular complexity index is 2780. The molecular weight excluding hydrogens is 607 g/mol. The first kappa shape index (κ1) is 28.9. The molecule has 1 aromatic heterocycles. The molecular formula is C48H35NO. The van der Waals surface area contributed by atoms with E-state index in [1.54, 1.807) is 0 Å². The second-order valence-electron chi connectivity index (χ2n) is 14.6. The maximum Gasteiger partial charge on any atom is 0.159 e. The highest BCUT2D eigenvalue weighted by Crippen LogP contribution is 2.51. The number of hydrogen-bond acceptors (Lipinski definition) is 2. The molecule has 0 saturated carbocycles. The standard InChI is InChI=1S/C48H35NO/c1-48(2,3)36-21-18-30(19-22-36)31-16-17-32-26-41-42-27-33-20-23-38(25-35(33)29-44(42)43(41)28-34(32)24-31)49(37-10-5-4-6-11-37)45-14-9-13-40-39-12-7-8-15-46(39)50-47(40)45/h4-29H,1-3H3. The molecule has 8 aromatic carbocycles. The zero-order chi connectivity index (χ0) is 33.6. The highest BCUT2D eigenvalue weighted by Gasteiger charge is 2.25. The van der Waals surface area contributed by atoms with Gasteiger partial charge in [-0.05, 0) is 133 Å². The summed E-state index contributed by atoms with van der Waals surface area (Å²) in [5.41, 5.74) is 14.3. The smallest absolute Gasteiger partial charge is 0.159 e. The van der Waals surface area contributed by atoms with Crippen molar-refractivity contribution in [2.45, 2.75) is 26.2 Å². The van der Waals surface area contributed by atoms with Crippen LogP contribution in [0.2, 0.25) is 0 Å². The maximum absolute atomic E-state index is 6.53. The number of anilines is 3. The molecule has 0 N–H and O–H groups in total. The number of furan rings is 1. The average molecular weight is 642 g/mol. The molecule has 0 aliphatic heterocycles. The van der Waals surface area contributed by atoms with E-state index in [0.717, 1.165) is 39.0 Å². The monoisotopic (exact) mass is 641 g/mol. The van der Waals surface area contributed by atoms with E-state index in [1.165, 1.54) is 60.5 Å². The quantitative estimate of drug-likeness (QED) is 0.190. The lowest BCUT2D eigenvalue weighted by Gasteiger charge is -2.28. The minimum absolute atomic E-state index is 0.144. The number of fused-ring (bicyclic) bond motifs is 9. The Kier molecular flexibility index (Phi) is 6.17. The van der Waals surface area contributed by atoms with Crippen molar-refractivity contribution in [3.63, 3.8) is 0 Å². The first-order valence-corrected chi connectivity index (χ1v) is 17.4. The number of para-hydroxylation sites is 3. The van der Waals surface area contributed by atoms with Gasteiger partial charge in [0.2, 0.25) is 0 Å². The molecule has 0 fully saturated rings. The molecule has 0 bridgehead atoms. The summed E-state index contributed by atoms with van der Waals surface area (Å²) in [5, 5.41) is 7.26. The van der Waals surface area contributed by atoms with E-state index in [2.05, 4.69) is 171 Å². The van der Waals surface area contributed by atoms with Crippen molar-refractivity contribution in [2.24, 2.45) is 0 Å². The minimum Gasteiger partial charge on any atom is -0.454 e. The number of rotatable bonds is 4. The second-order valence-corrected chi connectivity index (χ2v) is 14.6. The fourth-order valence-corrected chi connectivity index (χ4v) is 7.81. The Morgan fingerprint density at radius 1 is 0.440 bits per heavy atom. The summed E-state index contributed by atoms with van der Waals surface area (Å²) in [6, 6.07) is 57.5. The fraction of sp³-hybridized carbons (Fsp3) is 0.0833. The molecule has 0 saturated heterocycles. The van der Waals surface area contributed by atoms with Crippen LogP contribution in [-0.4, -0.2) is 0 Å².